The molecule has 3 aliphatic heterocycles. The first-order valence-corrected chi connectivity index (χ1v) is 26.4. The number of nitrogens with two attached hydrogens (primary N) is 1. The fraction of sp³-hybridized carbons (Fsp3) is 0.723. The number of benzene rings is 1. The van der Waals surface area contributed by atoms with Crippen LogP contribution in [0.25, 0.3) is 0 Å². The summed E-state index contributed by atoms with van der Waals surface area (Å²) < 4.78 is 74.4. The fourth-order valence-corrected chi connectivity index (χ4v) is 8.63. The average molecular weight is 1040 g/mol. The van der Waals surface area contributed by atoms with E-state index < -0.39 is 8.03 Å². The number of nitrogens with zero attached hydrogens (tertiary/aromatic N) is 8. The maximum atomic E-state index is 11.0. The first-order chi connectivity index (χ1) is 34.9. The van der Waals surface area contributed by atoms with Gasteiger partial charge in [0.25, 0.3) is 6.35 Å². The van der Waals surface area contributed by atoms with Crippen LogP contribution in [0.15, 0.2) is 50.5 Å². The summed E-state index contributed by atoms with van der Waals surface area (Å²) in [6.45, 7) is 18.3. The van der Waals surface area contributed by atoms with Crippen LogP contribution >= 0.6 is 19.6 Å². The topological polar surface area (TPSA) is 239 Å². The summed E-state index contributed by atoms with van der Waals surface area (Å²) in [5.41, 5.74) is 2.55. The minimum atomic E-state index is -2.35. The minimum Gasteiger partial charge on any atom is -0.491 e. The standard InChI is InChI=1S/C47H75ClN9O13P/c1-3-14-60-16-18-62-20-21-63-19-17-61-15-12-51-30-39(54-49)32-67-27-26-65-23-22-64-24-25-66-28-29-69-41-7-5-40(6-8-41)55-13-4-11-47(34-55)35-56(36-47)46(52-37-48)43-31-53-57(45(43)50-2)44-10-9-42(70-44)33-68-38-71(58)59/h5-8,30-31,42,44H,2-4,9-29,32-38,49H2,1H3/p+1/b51-30?,52-46+,54-39+. The molecular formula is C47H76ClN9O13P+. The van der Waals surface area contributed by atoms with E-state index in [1.54, 1.807) is 17.1 Å². The Balaban J connectivity index is 0.853. The minimum absolute atomic E-state index is 0.0979. The van der Waals surface area contributed by atoms with Crippen molar-refractivity contribution in [2.24, 2.45) is 31.3 Å². The van der Waals surface area contributed by atoms with Crippen molar-refractivity contribution < 1.29 is 61.6 Å². The lowest BCUT2D eigenvalue weighted by molar-refractivity contribution is -0.0389. The molecule has 22 nitrogen and oxygen atoms in total. The molecule has 3 fully saturated rings. The molecule has 0 amide bonds. The number of likely N-dealkylation sites (tertiary alicyclic amines) is 1. The summed E-state index contributed by atoms with van der Waals surface area (Å²) in [6.07, 6.45) is 7.19. The van der Waals surface area contributed by atoms with Crippen LogP contribution in [-0.2, 0) is 51.9 Å². The van der Waals surface area contributed by atoms with E-state index in [2.05, 4.69) is 60.8 Å². The van der Waals surface area contributed by atoms with Crippen molar-refractivity contribution >= 4 is 55.6 Å². The number of halogens is 1. The van der Waals surface area contributed by atoms with Gasteiger partial charge in [0.1, 0.15) is 29.9 Å². The second kappa shape index (κ2) is 34.6. The van der Waals surface area contributed by atoms with Crippen molar-refractivity contribution in [3.05, 3.63) is 36.0 Å². The number of aliphatic imine (C=N–C) groups is 3. The molecule has 4 heterocycles. The third-order valence-electron chi connectivity index (χ3n) is 11.5. The van der Waals surface area contributed by atoms with Gasteiger partial charge in [-0.2, -0.15) is 15.1 Å². The van der Waals surface area contributed by atoms with E-state index in [1.807, 2.05) is 12.1 Å². The van der Waals surface area contributed by atoms with Gasteiger partial charge >= 0.3 is 8.03 Å². The van der Waals surface area contributed by atoms with Gasteiger partial charge in [-0.15, -0.1) is 11.6 Å². The Bertz CT molecular complexity index is 1890. The molecule has 1 aromatic carbocycles. The van der Waals surface area contributed by atoms with E-state index in [9.17, 15) is 4.57 Å². The second-order valence-corrected chi connectivity index (χ2v) is 18.1. The van der Waals surface area contributed by atoms with Gasteiger partial charge in [0.2, 0.25) is 0 Å². The number of rotatable bonds is 39. The molecule has 398 valence electrons. The van der Waals surface area contributed by atoms with Crippen molar-refractivity contribution in [3.8, 4) is 5.75 Å². The molecule has 0 saturated carbocycles. The van der Waals surface area contributed by atoms with Crippen molar-refractivity contribution in [2.75, 3.05) is 169 Å². The SMILES string of the molecule is C=Nc1c(/C(=N\CCl)N2CC3(CCCN(c4ccc(OCCOCCOCCOCCOC/C(C=NCCOCCOCCOCCOCCC)=N/N)cc4)C3)C2)cnn1C1CCC(COC[P+](=O)O)O1. The molecule has 3 atom stereocenters. The maximum Gasteiger partial charge on any atom is 0.534 e. The third-order valence-corrected chi connectivity index (χ3v) is 12.1. The number of anilines is 1. The van der Waals surface area contributed by atoms with Gasteiger partial charge in [-0.05, 0) is 67.7 Å². The Hall–Kier alpha value is -3.74. The molecule has 0 radical (unpaired) electrons. The van der Waals surface area contributed by atoms with Crippen LogP contribution < -0.4 is 15.5 Å². The highest BCUT2D eigenvalue weighted by atomic mass is 35.5. The van der Waals surface area contributed by atoms with Crippen molar-refractivity contribution in [1.82, 2.24) is 14.7 Å². The molecule has 5 rings (SSSR count). The van der Waals surface area contributed by atoms with Crippen LogP contribution in [0.1, 0.15) is 50.8 Å². The monoisotopic (exact) mass is 1040 g/mol. The van der Waals surface area contributed by atoms with Gasteiger partial charge in [0, 0.05) is 50.1 Å². The molecule has 3 N–H and O–H groups in total. The van der Waals surface area contributed by atoms with E-state index in [-0.39, 0.29) is 43.3 Å². The first-order valence-electron chi connectivity index (χ1n) is 24.5. The molecule has 1 spiro atoms. The lowest BCUT2D eigenvalue weighted by Crippen LogP contribution is -2.64. The normalized spacial score (nSPS) is 18.5. The summed E-state index contributed by atoms with van der Waals surface area (Å²) >= 11 is 6.20. The molecule has 0 bridgehead atoms. The van der Waals surface area contributed by atoms with E-state index in [1.165, 1.54) is 0 Å². The van der Waals surface area contributed by atoms with E-state index in [0.717, 1.165) is 81.3 Å². The number of amidine groups is 1. The van der Waals surface area contributed by atoms with Gasteiger partial charge < -0.3 is 67.7 Å². The summed E-state index contributed by atoms with van der Waals surface area (Å²) in [4.78, 5) is 27.0. The summed E-state index contributed by atoms with van der Waals surface area (Å²) in [5, 5.41) is 8.35. The molecular weight excluding hydrogens is 965 g/mol. The van der Waals surface area contributed by atoms with Gasteiger partial charge in [0.15, 0.2) is 12.0 Å². The summed E-state index contributed by atoms with van der Waals surface area (Å²) in [7, 11) is -2.35. The van der Waals surface area contributed by atoms with Crippen LogP contribution in [0.4, 0.5) is 11.5 Å². The van der Waals surface area contributed by atoms with Gasteiger partial charge in [-0.3, -0.25) is 9.98 Å². The number of alkyl halides is 1. The number of piperidine rings is 1. The third kappa shape index (κ3) is 21.3. The highest BCUT2D eigenvalue weighted by Gasteiger charge is 2.47. The lowest BCUT2D eigenvalue weighted by atomic mass is 9.73. The number of hydrogen-bond donors (Lipinski definition) is 2. The highest BCUT2D eigenvalue weighted by Crippen LogP contribution is 2.42. The first kappa shape index (κ1) is 58.2. The zero-order valence-electron chi connectivity index (χ0n) is 41.4. The average Bonchev–Trinajstić information content (AvgIpc) is 4.03. The molecule has 3 saturated heterocycles. The zero-order chi connectivity index (χ0) is 50.2. The molecule has 3 aliphatic rings. The van der Waals surface area contributed by atoms with Gasteiger partial charge in [0.05, 0.1) is 130 Å². The Morgan fingerprint density at radius 2 is 1.49 bits per heavy atom. The van der Waals surface area contributed by atoms with Crippen molar-refractivity contribution in [3.63, 3.8) is 0 Å². The highest BCUT2D eigenvalue weighted by molar-refractivity contribution is 7.37. The predicted molar refractivity (Wildman–Crippen MR) is 272 cm³/mol. The van der Waals surface area contributed by atoms with Gasteiger partial charge in [-0.25, -0.2) is 9.67 Å². The Morgan fingerprint density at radius 3 is 2.10 bits per heavy atom. The molecule has 1 aromatic heterocycles. The molecule has 0 aliphatic carbocycles. The second-order valence-electron chi connectivity index (χ2n) is 16.9. The van der Waals surface area contributed by atoms with Crippen LogP contribution in [0.2, 0.25) is 0 Å². The van der Waals surface area contributed by atoms with Gasteiger partial charge in [-0.1, -0.05) is 6.92 Å². The Kier molecular flexibility index (Phi) is 28.4. The Labute approximate surface area is 423 Å². The van der Waals surface area contributed by atoms with Crippen LogP contribution in [0.5, 0.6) is 5.75 Å². The molecule has 71 heavy (non-hydrogen) atoms. The molecule has 2 aromatic rings. The van der Waals surface area contributed by atoms with E-state index in [4.69, 9.17) is 74.4 Å². The summed E-state index contributed by atoms with van der Waals surface area (Å²) in [5.74, 6) is 7.57. The van der Waals surface area contributed by atoms with E-state index in [0.29, 0.717) is 124 Å². The van der Waals surface area contributed by atoms with Crippen molar-refractivity contribution in [2.45, 2.75) is 51.4 Å². The number of hydrazone groups is 1. The van der Waals surface area contributed by atoms with Crippen molar-refractivity contribution in [1.29, 1.82) is 0 Å². The predicted octanol–water partition coefficient (Wildman–Crippen LogP) is 4.45. The smallest absolute Gasteiger partial charge is 0.491 e. The molecule has 24 heteroatoms. The lowest BCUT2D eigenvalue weighted by Gasteiger charge is -2.56. The number of hydrogen-bond acceptors (Lipinski definition) is 19. The largest absolute Gasteiger partial charge is 0.534 e. The maximum absolute atomic E-state index is 11.0. The quantitative estimate of drug-likeness (QED) is 0.0137. The Morgan fingerprint density at radius 1 is 0.873 bits per heavy atom. The number of ether oxygens (including phenoxy) is 11. The number of aromatic nitrogens is 2. The van der Waals surface area contributed by atoms with Crippen LogP contribution in [-0.4, -0.2) is 214 Å². The zero-order valence-corrected chi connectivity index (χ0v) is 43.0. The van der Waals surface area contributed by atoms with E-state index >= 15 is 0 Å². The van der Waals surface area contributed by atoms with Crippen LogP contribution in [0, 0.1) is 5.41 Å². The molecule has 3 unspecified atom stereocenters. The summed E-state index contributed by atoms with van der Waals surface area (Å²) in [6, 6.07) is 8.35. The van der Waals surface area contributed by atoms with Crippen LogP contribution in [0.3, 0.4) is 0 Å². The fourth-order valence-electron chi connectivity index (χ4n) is 8.25.